The van der Waals surface area contributed by atoms with Gasteiger partial charge in [0.15, 0.2) is 6.10 Å². The molecule has 1 N–H and O–H groups in total. The normalized spacial score (nSPS) is 12.8. The SMILES string of the molecule is CCCCCCCCCCCCCCCCCC(=O)OC[C@H](COP(=O)([O-])OCCNC=O)OC(=O)CCCCCCCCCCCCCCCCC.[Na+]. The van der Waals surface area contributed by atoms with Crippen LogP contribution in [0.2, 0.25) is 0 Å². The van der Waals surface area contributed by atoms with Crippen molar-refractivity contribution in [1.29, 1.82) is 0 Å². The standard InChI is InChI=1S/C42H82NO9P.Na/c1-3-5-7-9-11-13-15-17-19-21-23-25-27-29-31-33-41(45)49-37-40(38-51-53(47,48)50-36-35-43-39-44)52-42(46)34-32-30-28-26-24-22-20-18-16-14-12-10-8-6-4-2;/h39-40H,3-38H2,1-2H3,(H,43,44)(H,47,48);/q;+1/p-1/t40-;/m1./s1. The Kier molecular flexibility index (Phi) is 44.9. The van der Waals surface area contributed by atoms with Crippen LogP contribution in [0.4, 0.5) is 0 Å². The van der Waals surface area contributed by atoms with Gasteiger partial charge in [-0.1, -0.05) is 194 Å². The average Bonchev–Trinajstić information content (AvgIpc) is 3.14. The smallest absolute Gasteiger partial charge is 0.756 e. The fourth-order valence-electron chi connectivity index (χ4n) is 6.39. The molecular formula is C42H81NNaO9P. The van der Waals surface area contributed by atoms with Crippen LogP contribution < -0.4 is 39.8 Å². The van der Waals surface area contributed by atoms with Crippen molar-refractivity contribution in [2.75, 3.05) is 26.4 Å². The van der Waals surface area contributed by atoms with Crippen LogP contribution in [0.3, 0.4) is 0 Å². The van der Waals surface area contributed by atoms with Crippen molar-refractivity contribution in [3.63, 3.8) is 0 Å². The second-order valence-electron chi connectivity index (χ2n) is 14.8. The predicted molar refractivity (Wildman–Crippen MR) is 214 cm³/mol. The predicted octanol–water partition coefficient (Wildman–Crippen LogP) is 8.22. The van der Waals surface area contributed by atoms with Crippen molar-refractivity contribution >= 4 is 26.2 Å². The van der Waals surface area contributed by atoms with Crippen molar-refractivity contribution in [3.8, 4) is 0 Å². The molecule has 0 saturated carbocycles. The number of hydrogen-bond acceptors (Lipinski definition) is 9. The number of carbonyl (C=O) groups is 3. The second-order valence-corrected chi connectivity index (χ2v) is 16.3. The first-order chi connectivity index (χ1) is 25.8. The van der Waals surface area contributed by atoms with Crippen LogP contribution >= 0.6 is 7.82 Å². The summed E-state index contributed by atoms with van der Waals surface area (Å²) < 4.78 is 32.6. The molecule has 10 nitrogen and oxygen atoms in total. The van der Waals surface area contributed by atoms with Gasteiger partial charge in [-0.05, 0) is 12.8 Å². The molecule has 0 radical (unpaired) electrons. The summed E-state index contributed by atoms with van der Waals surface area (Å²) in [6.07, 6.45) is 36.8. The van der Waals surface area contributed by atoms with E-state index in [2.05, 4.69) is 19.2 Å². The molecule has 0 aliphatic carbocycles. The molecule has 0 aliphatic heterocycles. The number of unbranched alkanes of at least 4 members (excludes halogenated alkanes) is 28. The Balaban J connectivity index is 0. The number of phosphoric ester groups is 1. The Morgan fingerprint density at radius 2 is 0.907 bits per heavy atom. The van der Waals surface area contributed by atoms with Crippen molar-refractivity contribution in [1.82, 2.24) is 5.32 Å². The number of carbonyl (C=O) groups excluding carboxylic acids is 3. The molecule has 0 fully saturated rings. The number of esters is 2. The number of nitrogens with one attached hydrogen (secondary N) is 1. The van der Waals surface area contributed by atoms with Gasteiger partial charge < -0.3 is 28.7 Å². The van der Waals surface area contributed by atoms with Crippen LogP contribution in [-0.4, -0.2) is 50.8 Å². The molecular weight excluding hydrogens is 716 g/mol. The average molecular weight is 798 g/mol. The topological polar surface area (TPSA) is 140 Å². The molecule has 0 saturated heterocycles. The van der Waals surface area contributed by atoms with Crippen LogP contribution in [0.1, 0.15) is 219 Å². The molecule has 0 aromatic heterocycles. The van der Waals surface area contributed by atoms with Gasteiger partial charge in [0.25, 0.3) is 7.82 Å². The van der Waals surface area contributed by atoms with E-state index in [1.54, 1.807) is 0 Å². The molecule has 1 unspecified atom stereocenters. The molecule has 0 spiro atoms. The van der Waals surface area contributed by atoms with Crippen molar-refractivity contribution in [2.24, 2.45) is 0 Å². The number of amides is 1. The molecule has 1 amide bonds. The van der Waals surface area contributed by atoms with E-state index >= 15 is 0 Å². The largest absolute Gasteiger partial charge is 1.00 e. The maximum Gasteiger partial charge on any atom is 1.00 e. The monoisotopic (exact) mass is 798 g/mol. The Hall–Kier alpha value is -0.480. The Morgan fingerprint density at radius 1 is 0.556 bits per heavy atom. The van der Waals surface area contributed by atoms with E-state index in [4.69, 9.17) is 18.5 Å². The maximum atomic E-state index is 12.6. The molecule has 54 heavy (non-hydrogen) atoms. The third kappa shape index (κ3) is 42.7. The van der Waals surface area contributed by atoms with E-state index in [9.17, 15) is 23.8 Å². The van der Waals surface area contributed by atoms with Crippen LogP contribution in [-0.2, 0) is 37.5 Å². The van der Waals surface area contributed by atoms with E-state index < -0.39 is 32.5 Å². The maximum absolute atomic E-state index is 12.6. The van der Waals surface area contributed by atoms with E-state index in [0.29, 0.717) is 12.8 Å². The summed E-state index contributed by atoms with van der Waals surface area (Å²) >= 11 is 0. The van der Waals surface area contributed by atoms with Gasteiger partial charge in [0.1, 0.15) is 6.61 Å². The van der Waals surface area contributed by atoms with Crippen LogP contribution in [0.5, 0.6) is 0 Å². The minimum Gasteiger partial charge on any atom is -0.756 e. The quantitative estimate of drug-likeness (QED) is 0.0213. The number of hydrogen-bond donors (Lipinski definition) is 1. The summed E-state index contributed by atoms with van der Waals surface area (Å²) in [6.45, 7) is 3.38. The van der Waals surface area contributed by atoms with Gasteiger partial charge in [-0.15, -0.1) is 0 Å². The molecule has 0 aliphatic rings. The zero-order valence-electron chi connectivity index (χ0n) is 35.2. The minimum absolute atomic E-state index is 0. The Bertz CT molecular complexity index is 883. The second kappa shape index (κ2) is 43.6. The van der Waals surface area contributed by atoms with Gasteiger partial charge in [0, 0.05) is 19.4 Å². The molecule has 0 bridgehead atoms. The third-order valence-electron chi connectivity index (χ3n) is 9.69. The fraction of sp³-hybridized carbons (Fsp3) is 0.929. The fourth-order valence-corrected chi connectivity index (χ4v) is 7.13. The van der Waals surface area contributed by atoms with Crippen molar-refractivity contribution in [3.05, 3.63) is 0 Å². The zero-order chi connectivity index (χ0) is 38.9. The summed E-state index contributed by atoms with van der Waals surface area (Å²) in [7, 11) is -4.72. The van der Waals surface area contributed by atoms with Crippen LogP contribution in [0.15, 0.2) is 0 Å². The van der Waals surface area contributed by atoms with Crippen molar-refractivity contribution < 1.29 is 71.9 Å². The number of phosphoric acid groups is 1. The first kappa shape index (κ1) is 55.6. The summed E-state index contributed by atoms with van der Waals surface area (Å²) in [5, 5.41) is 2.30. The van der Waals surface area contributed by atoms with Crippen LogP contribution in [0.25, 0.3) is 0 Å². The van der Waals surface area contributed by atoms with Gasteiger partial charge in [-0.25, -0.2) is 0 Å². The Morgan fingerprint density at radius 3 is 1.28 bits per heavy atom. The molecule has 2 atom stereocenters. The van der Waals surface area contributed by atoms with Gasteiger partial charge in [0.2, 0.25) is 6.41 Å². The van der Waals surface area contributed by atoms with E-state index in [0.717, 1.165) is 38.5 Å². The summed E-state index contributed by atoms with van der Waals surface area (Å²) in [4.78, 5) is 47.5. The molecule has 0 heterocycles. The van der Waals surface area contributed by atoms with Crippen molar-refractivity contribution in [2.45, 2.75) is 225 Å². The molecule has 0 aromatic rings. The number of ether oxygens (including phenoxy) is 2. The summed E-state index contributed by atoms with van der Waals surface area (Å²) in [5.41, 5.74) is 0. The van der Waals surface area contributed by atoms with Gasteiger partial charge in [-0.3, -0.25) is 18.9 Å². The van der Waals surface area contributed by atoms with Gasteiger partial charge in [0.05, 0.1) is 13.2 Å². The summed E-state index contributed by atoms with van der Waals surface area (Å²) in [6, 6.07) is 0. The first-order valence-corrected chi connectivity index (χ1v) is 23.4. The molecule has 0 rings (SSSR count). The summed E-state index contributed by atoms with van der Waals surface area (Å²) in [5.74, 6) is -0.895. The van der Waals surface area contributed by atoms with Gasteiger partial charge in [-0.2, -0.15) is 0 Å². The van der Waals surface area contributed by atoms with E-state index in [1.807, 2.05) is 0 Å². The number of rotatable bonds is 43. The van der Waals surface area contributed by atoms with Crippen LogP contribution in [0, 0.1) is 0 Å². The Labute approximate surface area is 353 Å². The third-order valence-corrected chi connectivity index (χ3v) is 10.7. The van der Waals surface area contributed by atoms with E-state index in [1.165, 1.54) is 148 Å². The molecule has 314 valence electrons. The first-order valence-electron chi connectivity index (χ1n) is 22.0. The molecule has 12 heteroatoms. The molecule has 0 aromatic carbocycles. The van der Waals surface area contributed by atoms with Gasteiger partial charge >= 0.3 is 41.5 Å². The minimum atomic E-state index is -4.72. The zero-order valence-corrected chi connectivity index (χ0v) is 38.1. The van der Waals surface area contributed by atoms with E-state index in [-0.39, 0.29) is 62.2 Å².